The number of esters is 3. The summed E-state index contributed by atoms with van der Waals surface area (Å²) in [4.78, 5) is 88.5. The van der Waals surface area contributed by atoms with Gasteiger partial charge in [-0.1, -0.05) is 0 Å². The first-order chi connectivity index (χ1) is 22.1. The fourth-order valence-corrected chi connectivity index (χ4v) is 3.95. The summed E-state index contributed by atoms with van der Waals surface area (Å²) in [6.07, 6.45) is -1.90. The average Bonchev–Trinajstić information content (AvgIpc) is 2.87. The Morgan fingerprint density at radius 2 is 0.939 bits per heavy atom. The summed E-state index contributed by atoms with van der Waals surface area (Å²) in [5.74, 6) is -5.61. The molecule has 0 saturated carbocycles. The maximum Gasteiger partial charge on any atom is 0.329 e. The molecule has 3 atom stereocenters. The van der Waals surface area contributed by atoms with E-state index >= 15 is 0 Å². The lowest BCUT2D eigenvalue weighted by Gasteiger charge is -2.27. The van der Waals surface area contributed by atoms with Crippen molar-refractivity contribution in [3.05, 3.63) is 0 Å². The highest BCUT2D eigenvalue weighted by Gasteiger charge is 2.32. The van der Waals surface area contributed by atoms with E-state index in [4.69, 9.17) is 24.1 Å². The SMILES string of the molecule is CC(C)(C)OCCC(NC(=O)C(CCC(=O)NC(CCC(=O)OC(C)(C)C)C(=O)OC(C)(C)C)NC(=O)CCC(=O)O)C(=O)OC(C)(C)C. The Hall–Kier alpha value is -3.75. The molecule has 0 fully saturated rings. The van der Waals surface area contributed by atoms with Crippen molar-refractivity contribution >= 4 is 41.6 Å². The minimum Gasteiger partial charge on any atom is -0.481 e. The van der Waals surface area contributed by atoms with Crippen LogP contribution >= 0.6 is 0 Å². The van der Waals surface area contributed by atoms with Gasteiger partial charge in [-0.15, -0.1) is 0 Å². The van der Waals surface area contributed by atoms with Gasteiger partial charge in [-0.05, 0) is 95.9 Å². The lowest BCUT2D eigenvalue weighted by molar-refractivity contribution is -0.160. The Kier molecular flexibility index (Phi) is 18.0. The van der Waals surface area contributed by atoms with Crippen molar-refractivity contribution in [3.8, 4) is 0 Å². The maximum absolute atomic E-state index is 13.5. The van der Waals surface area contributed by atoms with Crippen molar-refractivity contribution in [2.24, 2.45) is 0 Å². The molecule has 0 aliphatic rings. The molecule has 49 heavy (non-hydrogen) atoms. The topological polar surface area (TPSA) is 213 Å². The lowest BCUT2D eigenvalue weighted by atomic mass is 10.1. The molecule has 0 spiro atoms. The van der Waals surface area contributed by atoms with Crippen LogP contribution in [0.3, 0.4) is 0 Å². The molecule has 0 saturated heterocycles. The first-order valence-corrected chi connectivity index (χ1v) is 16.5. The molecule has 0 heterocycles. The number of rotatable bonds is 18. The highest BCUT2D eigenvalue weighted by molar-refractivity contribution is 5.92. The van der Waals surface area contributed by atoms with Gasteiger partial charge < -0.3 is 40.0 Å². The summed E-state index contributed by atoms with van der Waals surface area (Å²) < 4.78 is 21.9. The number of carbonyl (C=O) groups excluding carboxylic acids is 6. The summed E-state index contributed by atoms with van der Waals surface area (Å²) in [6.45, 7) is 20.6. The molecular formula is C34H59N3O12. The van der Waals surface area contributed by atoms with Crippen molar-refractivity contribution < 1.29 is 57.6 Å². The van der Waals surface area contributed by atoms with Gasteiger partial charge >= 0.3 is 23.9 Å². The Bertz CT molecular complexity index is 1160. The maximum atomic E-state index is 13.5. The van der Waals surface area contributed by atoms with Gasteiger partial charge in [-0.3, -0.25) is 24.0 Å². The van der Waals surface area contributed by atoms with Crippen molar-refractivity contribution in [1.29, 1.82) is 0 Å². The predicted molar refractivity (Wildman–Crippen MR) is 179 cm³/mol. The molecule has 3 amide bonds. The van der Waals surface area contributed by atoms with E-state index in [1.165, 1.54) is 0 Å². The number of carboxylic acid groups (broad SMARTS) is 1. The van der Waals surface area contributed by atoms with Crippen LogP contribution in [0.1, 0.15) is 128 Å². The normalized spacial score (nSPS) is 14.0. The number of carbonyl (C=O) groups is 7. The fourth-order valence-electron chi connectivity index (χ4n) is 3.95. The highest BCUT2D eigenvalue weighted by atomic mass is 16.6. The summed E-state index contributed by atoms with van der Waals surface area (Å²) >= 11 is 0. The van der Waals surface area contributed by atoms with Crippen LogP contribution in [0.15, 0.2) is 0 Å². The second kappa shape index (κ2) is 19.4. The Balaban J connectivity index is 5.99. The quantitative estimate of drug-likeness (QED) is 0.120. The molecule has 0 rings (SSSR count). The van der Waals surface area contributed by atoms with Gasteiger partial charge in [-0.2, -0.15) is 0 Å². The van der Waals surface area contributed by atoms with Crippen molar-refractivity contribution in [2.75, 3.05) is 6.61 Å². The van der Waals surface area contributed by atoms with E-state index in [1.807, 2.05) is 20.8 Å². The predicted octanol–water partition coefficient (Wildman–Crippen LogP) is 3.10. The molecular weight excluding hydrogens is 642 g/mol. The van der Waals surface area contributed by atoms with E-state index in [1.54, 1.807) is 62.3 Å². The number of aliphatic carboxylic acids is 1. The Morgan fingerprint density at radius 1 is 0.510 bits per heavy atom. The molecule has 4 N–H and O–H groups in total. The monoisotopic (exact) mass is 701 g/mol. The van der Waals surface area contributed by atoms with Gasteiger partial charge in [0.1, 0.15) is 34.9 Å². The molecule has 282 valence electrons. The Labute approximate surface area is 290 Å². The molecule has 0 radical (unpaired) electrons. The summed E-state index contributed by atoms with van der Waals surface area (Å²) in [5, 5.41) is 16.5. The van der Waals surface area contributed by atoms with E-state index in [0.717, 1.165) is 0 Å². The third-order valence-electron chi connectivity index (χ3n) is 5.91. The van der Waals surface area contributed by atoms with E-state index in [2.05, 4.69) is 16.0 Å². The van der Waals surface area contributed by atoms with Gasteiger partial charge in [0, 0.05) is 32.3 Å². The van der Waals surface area contributed by atoms with Gasteiger partial charge in [0.25, 0.3) is 0 Å². The van der Waals surface area contributed by atoms with Gasteiger partial charge in [0.05, 0.1) is 12.0 Å². The summed E-state index contributed by atoms with van der Waals surface area (Å²) in [7, 11) is 0. The van der Waals surface area contributed by atoms with Crippen LogP contribution in [0.2, 0.25) is 0 Å². The van der Waals surface area contributed by atoms with E-state index < -0.39 is 95.0 Å². The molecule has 0 aliphatic heterocycles. The zero-order chi connectivity index (χ0) is 38.4. The molecule has 0 bridgehead atoms. The number of nitrogens with one attached hydrogen (secondary N) is 3. The molecule has 0 aromatic heterocycles. The van der Waals surface area contributed by atoms with Crippen molar-refractivity contribution in [3.63, 3.8) is 0 Å². The van der Waals surface area contributed by atoms with Gasteiger partial charge in [0.2, 0.25) is 17.7 Å². The minimum absolute atomic E-state index is 0.0350. The number of amides is 3. The van der Waals surface area contributed by atoms with Crippen LogP contribution in [0.25, 0.3) is 0 Å². The molecule has 15 nitrogen and oxygen atoms in total. The van der Waals surface area contributed by atoms with Gasteiger partial charge in [0.15, 0.2) is 0 Å². The first kappa shape index (κ1) is 45.2. The standard InChI is InChI=1S/C34H59N3O12/c1-31(2,3)46-20-19-23(30(45)49-34(10,11)12)37-28(43)21(35-25(39)16-17-26(40)41)13-15-24(38)36-22(29(44)48-33(7,8)9)14-18-27(42)47-32(4,5)6/h21-23H,13-20H2,1-12H3,(H,35,39)(H,36,38)(H,37,43)(H,40,41). The van der Waals surface area contributed by atoms with E-state index in [9.17, 15) is 33.6 Å². The highest BCUT2D eigenvalue weighted by Crippen LogP contribution is 2.15. The molecule has 0 aliphatic carbocycles. The average molecular weight is 702 g/mol. The van der Waals surface area contributed by atoms with Crippen LogP contribution < -0.4 is 16.0 Å². The number of ether oxygens (including phenoxy) is 4. The lowest BCUT2D eigenvalue weighted by Crippen LogP contribution is -2.53. The zero-order valence-corrected chi connectivity index (χ0v) is 31.3. The number of carboxylic acids is 1. The van der Waals surface area contributed by atoms with Crippen LogP contribution in [-0.4, -0.2) is 93.8 Å². The van der Waals surface area contributed by atoms with Crippen LogP contribution in [0, 0.1) is 0 Å². The zero-order valence-electron chi connectivity index (χ0n) is 31.3. The number of hydrogen-bond donors (Lipinski definition) is 4. The molecule has 15 heteroatoms. The molecule has 3 unspecified atom stereocenters. The first-order valence-electron chi connectivity index (χ1n) is 16.5. The van der Waals surface area contributed by atoms with Crippen LogP contribution in [-0.2, 0) is 52.5 Å². The van der Waals surface area contributed by atoms with Crippen molar-refractivity contribution in [1.82, 2.24) is 16.0 Å². The fraction of sp³-hybridized carbons (Fsp3) is 0.794. The van der Waals surface area contributed by atoms with Crippen LogP contribution in [0.5, 0.6) is 0 Å². The third-order valence-corrected chi connectivity index (χ3v) is 5.91. The minimum atomic E-state index is -1.37. The van der Waals surface area contributed by atoms with E-state index in [-0.39, 0.29) is 38.7 Å². The smallest absolute Gasteiger partial charge is 0.329 e. The summed E-state index contributed by atoms with van der Waals surface area (Å²) in [6, 6.07) is -3.77. The summed E-state index contributed by atoms with van der Waals surface area (Å²) in [5.41, 5.74) is -3.05. The number of hydrogen-bond acceptors (Lipinski definition) is 11. The Morgan fingerprint density at radius 3 is 1.39 bits per heavy atom. The third kappa shape index (κ3) is 24.1. The van der Waals surface area contributed by atoms with Crippen molar-refractivity contribution in [2.45, 2.75) is 169 Å². The van der Waals surface area contributed by atoms with E-state index in [0.29, 0.717) is 0 Å². The second-order valence-electron chi connectivity index (χ2n) is 15.7. The largest absolute Gasteiger partial charge is 0.481 e. The van der Waals surface area contributed by atoms with Crippen LogP contribution in [0.4, 0.5) is 0 Å². The van der Waals surface area contributed by atoms with Gasteiger partial charge in [-0.25, -0.2) is 9.59 Å². The molecule has 0 aromatic carbocycles. The second-order valence-corrected chi connectivity index (χ2v) is 15.7. The molecule has 0 aromatic rings.